The molecule has 0 heterocycles. The Hall–Kier alpha value is -0.450. The second-order valence-electron chi connectivity index (χ2n) is 4.11. The van der Waals surface area contributed by atoms with E-state index in [-0.39, 0.29) is 28.9 Å². The molecule has 0 saturated carbocycles. The molecular formula is C12H16Cl2F3N. The van der Waals surface area contributed by atoms with Crippen molar-refractivity contribution in [2.75, 3.05) is 0 Å². The van der Waals surface area contributed by atoms with Crippen LogP contribution in [0.25, 0.3) is 0 Å². The summed E-state index contributed by atoms with van der Waals surface area (Å²) in [6, 6.07) is 3.04. The van der Waals surface area contributed by atoms with E-state index < -0.39 is 17.8 Å². The Bertz CT molecular complexity index is 393. The van der Waals surface area contributed by atoms with Crippen LogP contribution < -0.4 is 5.73 Å². The third-order valence-electron chi connectivity index (χ3n) is 2.95. The summed E-state index contributed by atoms with van der Waals surface area (Å²) in [5.41, 5.74) is 5.12. The van der Waals surface area contributed by atoms with Crippen LogP contribution in [0, 0.1) is 5.92 Å². The molecule has 1 nitrogen and oxygen atoms in total. The Labute approximate surface area is 116 Å². The van der Waals surface area contributed by atoms with E-state index >= 15 is 0 Å². The first-order chi connectivity index (χ1) is 7.79. The standard InChI is InChI=1S/C12H15ClF3N.ClH/c1-3-7(2)11(17)10-8(12(14,15)16)5-4-6-9(10)13;/h4-7,11H,3,17H2,1-2H3;1H/t7?,11-;/m1./s1. The van der Waals surface area contributed by atoms with Crippen LogP contribution in [0.15, 0.2) is 18.2 Å². The van der Waals surface area contributed by atoms with Crippen LogP contribution in [0.4, 0.5) is 13.2 Å². The molecule has 2 N–H and O–H groups in total. The quantitative estimate of drug-likeness (QED) is 0.850. The molecule has 6 heteroatoms. The van der Waals surface area contributed by atoms with Gasteiger partial charge in [-0.3, -0.25) is 0 Å². The molecule has 1 aromatic carbocycles. The molecule has 0 aliphatic carbocycles. The lowest BCUT2D eigenvalue weighted by Crippen LogP contribution is -2.23. The van der Waals surface area contributed by atoms with Crippen molar-refractivity contribution < 1.29 is 13.2 Å². The van der Waals surface area contributed by atoms with E-state index in [1.54, 1.807) is 0 Å². The fourth-order valence-corrected chi connectivity index (χ4v) is 1.96. The largest absolute Gasteiger partial charge is 0.416 e. The molecule has 0 aliphatic heterocycles. The minimum atomic E-state index is -4.43. The minimum Gasteiger partial charge on any atom is -0.324 e. The van der Waals surface area contributed by atoms with Crippen molar-refractivity contribution in [3.8, 4) is 0 Å². The number of hydrogen-bond acceptors (Lipinski definition) is 1. The Balaban J connectivity index is 0.00000289. The van der Waals surface area contributed by atoms with Crippen LogP contribution in [-0.2, 0) is 6.18 Å². The van der Waals surface area contributed by atoms with Gasteiger partial charge in [-0.05, 0) is 23.6 Å². The van der Waals surface area contributed by atoms with Crippen molar-refractivity contribution in [2.45, 2.75) is 32.5 Å². The molecule has 2 atom stereocenters. The van der Waals surface area contributed by atoms with E-state index in [9.17, 15) is 13.2 Å². The van der Waals surface area contributed by atoms with Crippen molar-refractivity contribution in [1.29, 1.82) is 0 Å². The number of benzene rings is 1. The Morgan fingerprint density at radius 1 is 1.33 bits per heavy atom. The maximum atomic E-state index is 12.8. The molecule has 0 fully saturated rings. The number of rotatable bonds is 3. The molecule has 18 heavy (non-hydrogen) atoms. The van der Waals surface area contributed by atoms with Crippen molar-refractivity contribution in [3.05, 3.63) is 34.3 Å². The first kappa shape index (κ1) is 17.6. The first-order valence-corrected chi connectivity index (χ1v) is 5.78. The van der Waals surface area contributed by atoms with Gasteiger partial charge in [0.05, 0.1) is 5.56 Å². The summed E-state index contributed by atoms with van der Waals surface area (Å²) >= 11 is 5.85. The maximum Gasteiger partial charge on any atom is 0.416 e. The van der Waals surface area contributed by atoms with Gasteiger partial charge in [-0.2, -0.15) is 13.2 Å². The third kappa shape index (κ3) is 3.77. The SMILES string of the molecule is CCC(C)[C@@H](N)c1c(Cl)cccc1C(F)(F)F.Cl. The lowest BCUT2D eigenvalue weighted by molar-refractivity contribution is -0.138. The lowest BCUT2D eigenvalue weighted by atomic mass is 9.90. The predicted octanol–water partition coefficient (Wildman–Crippen LogP) is 4.83. The van der Waals surface area contributed by atoms with Gasteiger partial charge >= 0.3 is 6.18 Å². The Morgan fingerprint density at radius 3 is 2.33 bits per heavy atom. The Morgan fingerprint density at radius 2 is 1.89 bits per heavy atom. The highest BCUT2D eigenvalue weighted by molar-refractivity contribution is 6.31. The van der Waals surface area contributed by atoms with Crippen LogP contribution in [0.3, 0.4) is 0 Å². The van der Waals surface area contributed by atoms with Crippen molar-refractivity contribution >= 4 is 24.0 Å². The molecule has 0 aliphatic rings. The van der Waals surface area contributed by atoms with Gasteiger partial charge in [0.1, 0.15) is 0 Å². The highest BCUT2D eigenvalue weighted by Crippen LogP contribution is 2.39. The smallest absolute Gasteiger partial charge is 0.324 e. The topological polar surface area (TPSA) is 26.0 Å². The number of halogens is 5. The second-order valence-corrected chi connectivity index (χ2v) is 4.52. The molecule has 0 amide bonds. The van der Waals surface area contributed by atoms with E-state index in [2.05, 4.69) is 0 Å². The first-order valence-electron chi connectivity index (χ1n) is 5.40. The van der Waals surface area contributed by atoms with Crippen LogP contribution in [-0.4, -0.2) is 0 Å². The summed E-state index contributed by atoms with van der Waals surface area (Å²) in [7, 11) is 0. The second kappa shape index (κ2) is 6.64. The molecule has 104 valence electrons. The molecule has 0 bridgehead atoms. The van der Waals surface area contributed by atoms with Crippen molar-refractivity contribution in [3.63, 3.8) is 0 Å². The minimum absolute atomic E-state index is 0. The monoisotopic (exact) mass is 301 g/mol. The van der Waals surface area contributed by atoms with E-state index in [1.807, 2.05) is 13.8 Å². The fourth-order valence-electron chi connectivity index (χ4n) is 1.66. The van der Waals surface area contributed by atoms with Crippen molar-refractivity contribution in [1.82, 2.24) is 0 Å². The average molecular weight is 302 g/mol. The van der Waals surface area contributed by atoms with Gasteiger partial charge in [-0.15, -0.1) is 12.4 Å². The van der Waals surface area contributed by atoms with Gasteiger partial charge in [0, 0.05) is 11.1 Å². The van der Waals surface area contributed by atoms with Crippen LogP contribution >= 0.6 is 24.0 Å². The molecule has 1 aromatic rings. The summed E-state index contributed by atoms with van der Waals surface area (Å²) in [6.07, 6.45) is -3.73. The summed E-state index contributed by atoms with van der Waals surface area (Å²) in [5.74, 6) is -0.0593. The highest BCUT2D eigenvalue weighted by atomic mass is 35.5. The van der Waals surface area contributed by atoms with Gasteiger partial charge in [-0.1, -0.05) is 37.9 Å². The van der Waals surface area contributed by atoms with Gasteiger partial charge in [0.15, 0.2) is 0 Å². The van der Waals surface area contributed by atoms with Gasteiger partial charge in [0.2, 0.25) is 0 Å². The van der Waals surface area contributed by atoms with Gasteiger partial charge < -0.3 is 5.73 Å². The summed E-state index contributed by atoms with van der Waals surface area (Å²) in [5, 5.41) is 0.0765. The van der Waals surface area contributed by atoms with Crippen molar-refractivity contribution in [2.24, 2.45) is 11.7 Å². The van der Waals surface area contributed by atoms with Crippen LogP contribution in [0.1, 0.15) is 37.4 Å². The zero-order chi connectivity index (χ0) is 13.2. The average Bonchev–Trinajstić information content (AvgIpc) is 2.25. The Kier molecular flexibility index (Phi) is 6.47. The normalized spacial score (nSPS) is 14.8. The molecule has 0 radical (unpaired) electrons. The fraction of sp³-hybridized carbons (Fsp3) is 0.500. The molecular weight excluding hydrogens is 286 g/mol. The summed E-state index contributed by atoms with van der Waals surface area (Å²) in [4.78, 5) is 0. The third-order valence-corrected chi connectivity index (χ3v) is 3.28. The van der Waals surface area contributed by atoms with E-state index in [0.717, 1.165) is 6.07 Å². The molecule has 1 rings (SSSR count). The van der Waals surface area contributed by atoms with Gasteiger partial charge in [0.25, 0.3) is 0 Å². The number of nitrogens with two attached hydrogens (primary N) is 1. The predicted molar refractivity (Wildman–Crippen MR) is 70.1 cm³/mol. The number of hydrogen-bond donors (Lipinski definition) is 1. The lowest BCUT2D eigenvalue weighted by Gasteiger charge is -2.23. The highest BCUT2D eigenvalue weighted by Gasteiger charge is 2.36. The van der Waals surface area contributed by atoms with Crippen LogP contribution in [0.2, 0.25) is 5.02 Å². The molecule has 0 aromatic heterocycles. The van der Waals surface area contributed by atoms with E-state index in [4.69, 9.17) is 17.3 Å². The number of alkyl halides is 3. The van der Waals surface area contributed by atoms with Crippen LogP contribution in [0.5, 0.6) is 0 Å². The summed E-state index contributed by atoms with van der Waals surface area (Å²) < 4.78 is 38.5. The van der Waals surface area contributed by atoms with E-state index in [0.29, 0.717) is 6.42 Å². The summed E-state index contributed by atoms with van der Waals surface area (Å²) in [6.45, 7) is 3.70. The van der Waals surface area contributed by atoms with E-state index in [1.165, 1.54) is 12.1 Å². The van der Waals surface area contributed by atoms with Gasteiger partial charge in [-0.25, -0.2) is 0 Å². The zero-order valence-electron chi connectivity index (χ0n) is 10.1. The maximum absolute atomic E-state index is 12.8. The zero-order valence-corrected chi connectivity index (χ0v) is 11.7. The molecule has 0 saturated heterocycles. The molecule has 1 unspecified atom stereocenters. The molecule has 0 spiro atoms.